The molecule has 3 aromatic carbocycles. The number of amides is 2. The highest BCUT2D eigenvalue weighted by molar-refractivity contribution is 5.89. The van der Waals surface area contributed by atoms with Crippen LogP contribution in [0.25, 0.3) is 11.1 Å². The number of benzene rings is 3. The molecule has 0 spiro atoms. The molecule has 0 radical (unpaired) electrons. The summed E-state index contributed by atoms with van der Waals surface area (Å²) >= 11 is 0. The molecule has 138 valence electrons. The summed E-state index contributed by atoms with van der Waals surface area (Å²) < 4.78 is 0. The monoisotopic (exact) mass is 359 g/mol. The summed E-state index contributed by atoms with van der Waals surface area (Å²) in [6.45, 7) is 1.52. The quantitative estimate of drug-likeness (QED) is 0.583. The second-order valence-corrected chi connectivity index (χ2v) is 6.43. The first-order chi connectivity index (χ1) is 13.2. The van der Waals surface area contributed by atoms with Crippen molar-refractivity contribution in [3.63, 3.8) is 0 Å². The fourth-order valence-electron chi connectivity index (χ4n) is 2.88. The third-order valence-corrected chi connectivity index (χ3v) is 4.40. The first-order valence-corrected chi connectivity index (χ1v) is 9.19. The average molecular weight is 359 g/mol. The number of carbonyl (C=O) groups excluding carboxylic acids is 1. The number of para-hydroxylation sites is 1. The maximum atomic E-state index is 12.0. The van der Waals surface area contributed by atoms with Crippen LogP contribution in [0.1, 0.15) is 6.42 Å². The van der Waals surface area contributed by atoms with Gasteiger partial charge in [-0.2, -0.15) is 0 Å². The second kappa shape index (κ2) is 9.43. The minimum Gasteiger partial charge on any atom is -0.375 e. The SMILES string of the molecule is CN(CCCNC(=O)Nc1ccc(-c2ccccc2)cc1)c1ccccc1. The summed E-state index contributed by atoms with van der Waals surface area (Å²) in [6, 6.07) is 28.1. The van der Waals surface area contributed by atoms with E-state index in [0.29, 0.717) is 6.54 Å². The summed E-state index contributed by atoms with van der Waals surface area (Å²) in [4.78, 5) is 14.2. The van der Waals surface area contributed by atoms with Crippen molar-refractivity contribution in [1.29, 1.82) is 0 Å². The van der Waals surface area contributed by atoms with Crippen LogP contribution in [0.15, 0.2) is 84.9 Å². The second-order valence-electron chi connectivity index (χ2n) is 6.43. The Labute approximate surface area is 160 Å². The van der Waals surface area contributed by atoms with Gasteiger partial charge in [0.25, 0.3) is 0 Å². The number of anilines is 2. The topological polar surface area (TPSA) is 44.4 Å². The summed E-state index contributed by atoms with van der Waals surface area (Å²) in [6.07, 6.45) is 0.881. The Morgan fingerprint density at radius 1 is 0.815 bits per heavy atom. The first kappa shape index (κ1) is 18.5. The van der Waals surface area contributed by atoms with Gasteiger partial charge in [-0.05, 0) is 41.8 Å². The summed E-state index contributed by atoms with van der Waals surface area (Å²) in [5.41, 5.74) is 4.26. The molecule has 0 aromatic heterocycles. The lowest BCUT2D eigenvalue weighted by Crippen LogP contribution is -2.31. The molecule has 2 amide bonds. The first-order valence-electron chi connectivity index (χ1n) is 9.19. The van der Waals surface area contributed by atoms with Gasteiger partial charge in [-0.1, -0.05) is 60.7 Å². The van der Waals surface area contributed by atoms with Crippen LogP contribution in [-0.2, 0) is 0 Å². The van der Waals surface area contributed by atoms with Gasteiger partial charge in [-0.15, -0.1) is 0 Å². The van der Waals surface area contributed by atoms with E-state index in [2.05, 4.69) is 46.8 Å². The van der Waals surface area contributed by atoms with Crippen LogP contribution in [0.2, 0.25) is 0 Å². The van der Waals surface area contributed by atoms with Crippen molar-refractivity contribution in [2.45, 2.75) is 6.42 Å². The van der Waals surface area contributed by atoms with Crippen LogP contribution in [0, 0.1) is 0 Å². The minimum absolute atomic E-state index is 0.176. The highest BCUT2D eigenvalue weighted by atomic mass is 16.2. The highest BCUT2D eigenvalue weighted by Crippen LogP contribution is 2.20. The Balaban J connectivity index is 1.40. The molecule has 2 N–H and O–H groups in total. The van der Waals surface area contributed by atoms with E-state index in [1.165, 1.54) is 5.69 Å². The maximum absolute atomic E-state index is 12.0. The van der Waals surface area contributed by atoms with Crippen LogP contribution in [-0.4, -0.2) is 26.2 Å². The van der Waals surface area contributed by atoms with E-state index in [-0.39, 0.29) is 6.03 Å². The number of nitrogens with zero attached hydrogens (tertiary/aromatic N) is 1. The molecule has 0 bridgehead atoms. The fraction of sp³-hybridized carbons (Fsp3) is 0.174. The van der Waals surface area contributed by atoms with Crippen LogP contribution in [0.4, 0.5) is 16.2 Å². The van der Waals surface area contributed by atoms with Gasteiger partial charge < -0.3 is 15.5 Å². The summed E-state index contributed by atoms with van der Waals surface area (Å²) in [5.74, 6) is 0. The summed E-state index contributed by atoms with van der Waals surface area (Å²) in [5, 5.41) is 5.78. The van der Waals surface area contributed by atoms with Crippen LogP contribution < -0.4 is 15.5 Å². The molecular weight excluding hydrogens is 334 g/mol. The third kappa shape index (κ3) is 5.61. The maximum Gasteiger partial charge on any atom is 0.319 e. The molecule has 0 saturated carbocycles. The van der Waals surface area contributed by atoms with Crippen molar-refractivity contribution in [3.05, 3.63) is 84.9 Å². The van der Waals surface area contributed by atoms with Crippen LogP contribution in [0.3, 0.4) is 0 Å². The fourth-order valence-corrected chi connectivity index (χ4v) is 2.88. The molecule has 0 heterocycles. The largest absolute Gasteiger partial charge is 0.375 e. The number of hydrogen-bond donors (Lipinski definition) is 2. The Hall–Kier alpha value is -3.27. The smallest absolute Gasteiger partial charge is 0.319 e. The van der Waals surface area contributed by atoms with Gasteiger partial charge in [-0.3, -0.25) is 0 Å². The molecule has 0 saturated heterocycles. The molecule has 0 aliphatic rings. The van der Waals surface area contributed by atoms with Crippen LogP contribution >= 0.6 is 0 Å². The van der Waals surface area contributed by atoms with Gasteiger partial charge in [-0.25, -0.2) is 4.79 Å². The zero-order valence-electron chi connectivity index (χ0n) is 15.6. The van der Waals surface area contributed by atoms with Crippen molar-refractivity contribution >= 4 is 17.4 Å². The Morgan fingerprint density at radius 2 is 1.41 bits per heavy atom. The molecule has 0 fully saturated rings. The van der Waals surface area contributed by atoms with Crippen molar-refractivity contribution in [2.24, 2.45) is 0 Å². The van der Waals surface area contributed by atoms with Gasteiger partial charge in [0.15, 0.2) is 0 Å². The zero-order valence-corrected chi connectivity index (χ0v) is 15.6. The van der Waals surface area contributed by atoms with E-state index in [0.717, 1.165) is 29.8 Å². The molecular formula is C23H25N3O. The third-order valence-electron chi connectivity index (χ3n) is 4.40. The molecule has 3 aromatic rings. The number of carbonyl (C=O) groups is 1. The van der Waals surface area contributed by atoms with Crippen molar-refractivity contribution in [2.75, 3.05) is 30.4 Å². The van der Waals surface area contributed by atoms with E-state index < -0.39 is 0 Å². The lowest BCUT2D eigenvalue weighted by Gasteiger charge is -2.19. The Bertz CT molecular complexity index is 833. The van der Waals surface area contributed by atoms with Crippen molar-refractivity contribution < 1.29 is 4.79 Å². The molecule has 4 heteroatoms. The highest BCUT2D eigenvalue weighted by Gasteiger charge is 2.03. The van der Waals surface area contributed by atoms with E-state index in [9.17, 15) is 4.79 Å². The molecule has 0 unspecified atom stereocenters. The number of nitrogens with one attached hydrogen (secondary N) is 2. The van der Waals surface area contributed by atoms with Gasteiger partial charge in [0.05, 0.1) is 0 Å². The van der Waals surface area contributed by atoms with Crippen molar-refractivity contribution in [3.8, 4) is 11.1 Å². The lowest BCUT2D eigenvalue weighted by atomic mass is 10.1. The molecule has 0 aliphatic carbocycles. The molecule has 0 aliphatic heterocycles. The van der Waals surface area contributed by atoms with Gasteiger partial charge in [0, 0.05) is 31.5 Å². The van der Waals surface area contributed by atoms with E-state index in [1.807, 2.05) is 60.7 Å². The summed E-state index contributed by atoms with van der Waals surface area (Å²) in [7, 11) is 2.06. The van der Waals surface area contributed by atoms with Gasteiger partial charge in [0.2, 0.25) is 0 Å². The van der Waals surface area contributed by atoms with Crippen LogP contribution in [0.5, 0.6) is 0 Å². The molecule has 4 nitrogen and oxygen atoms in total. The number of hydrogen-bond acceptors (Lipinski definition) is 2. The number of urea groups is 1. The van der Waals surface area contributed by atoms with E-state index >= 15 is 0 Å². The standard InChI is InChI=1S/C23H25N3O/c1-26(22-11-6-3-7-12-22)18-8-17-24-23(27)25-21-15-13-20(14-16-21)19-9-4-2-5-10-19/h2-7,9-16H,8,17-18H2,1H3,(H2,24,25,27). The minimum atomic E-state index is -0.176. The average Bonchev–Trinajstić information content (AvgIpc) is 2.73. The van der Waals surface area contributed by atoms with E-state index in [4.69, 9.17) is 0 Å². The predicted octanol–water partition coefficient (Wildman–Crippen LogP) is 5.00. The molecule has 0 atom stereocenters. The zero-order chi connectivity index (χ0) is 18.9. The molecule has 27 heavy (non-hydrogen) atoms. The lowest BCUT2D eigenvalue weighted by molar-refractivity contribution is 0.252. The normalized spacial score (nSPS) is 10.3. The van der Waals surface area contributed by atoms with Gasteiger partial charge in [0.1, 0.15) is 0 Å². The number of rotatable bonds is 7. The molecule has 3 rings (SSSR count). The van der Waals surface area contributed by atoms with Gasteiger partial charge >= 0.3 is 6.03 Å². The Morgan fingerprint density at radius 3 is 2.07 bits per heavy atom. The van der Waals surface area contributed by atoms with Crippen molar-refractivity contribution in [1.82, 2.24) is 5.32 Å². The van der Waals surface area contributed by atoms with E-state index in [1.54, 1.807) is 0 Å². The Kier molecular flexibility index (Phi) is 6.47. The predicted molar refractivity (Wildman–Crippen MR) is 113 cm³/mol.